The Morgan fingerprint density at radius 3 is 1.30 bits per heavy atom. The van der Waals surface area contributed by atoms with Crippen molar-refractivity contribution < 1.29 is 55.3 Å². The average molecular weight is 1160 g/mol. The number of aromatic nitrogens is 4. The summed E-state index contributed by atoms with van der Waals surface area (Å²) < 4.78 is 4.17. The molecule has 69 heavy (non-hydrogen) atoms. The molecule has 27 heteroatoms. The number of hydrogen-bond donors (Lipinski definition) is 8. The van der Waals surface area contributed by atoms with Crippen molar-refractivity contribution in [2.24, 2.45) is 14.1 Å². The predicted molar refractivity (Wildman–Crippen MR) is 270 cm³/mol. The molecule has 2 atom stereocenters. The number of aliphatic hydroxyl groups is 4. The zero-order chi connectivity index (χ0) is 51.7. The Morgan fingerprint density at radius 2 is 0.971 bits per heavy atom. The largest absolute Gasteiger partial charge is 0.488 e. The Bertz CT molecular complexity index is 2730. The molecule has 2 unspecified atom stereocenters. The molecule has 0 saturated heterocycles. The van der Waals surface area contributed by atoms with Gasteiger partial charge in [0.25, 0.3) is 0 Å². The van der Waals surface area contributed by atoms with Crippen LogP contribution in [0.15, 0.2) is 123 Å². The van der Waals surface area contributed by atoms with Crippen LogP contribution in [0.2, 0.25) is 0 Å². The van der Waals surface area contributed by atoms with E-state index >= 15 is 0 Å². The maximum atomic E-state index is 10.8. The van der Waals surface area contributed by atoms with Crippen LogP contribution < -0.4 is 10.9 Å². The predicted octanol–water partition coefficient (Wildman–Crippen LogP) is 5.76. The van der Waals surface area contributed by atoms with Gasteiger partial charge in [-0.1, -0.05) is 118 Å². The Labute approximate surface area is 423 Å². The third-order valence-corrected chi connectivity index (χ3v) is 13.0. The molecule has 364 valence electrons. The van der Waals surface area contributed by atoms with Crippen LogP contribution >= 0.6 is 59.1 Å². The fourth-order valence-corrected chi connectivity index (χ4v) is 7.70. The van der Waals surface area contributed by atoms with Crippen molar-refractivity contribution in [1.29, 1.82) is 0 Å². The SMILES string of the molecule is CC(O)c1ccc(-c2ccc([N+](=O)[O-])s2)cc1.CC(O)c1ccc(B(O)O)cc1.Cn1c([N+](=O)[O-])nc(Br)c1-c1ccc(CO)cc1.Cn1c([N+](=O)[O-])nc(Br)c1Br.OCc1ccc(B(O)O)cc1. The van der Waals surface area contributed by atoms with Crippen LogP contribution in [0.4, 0.5) is 16.9 Å². The van der Waals surface area contributed by atoms with Gasteiger partial charge in [-0.3, -0.25) is 10.1 Å². The van der Waals surface area contributed by atoms with Crippen LogP contribution in [0, 0.1) is 30.3 Å². The van der Waals surface area contributed by atoms with Crippen molar-refractivity contribution in [3.05, 3.63) is 176 Å². The van der Waals surface area contributed by atoms with E-state index in [4.69, 9.17) is 35.4 Å². The fraction of sp³-hybridized carbons (Fsp3) is 0.190. The number of benzene rings is 4. The van der Waals surface area contributed by atoms with Crippen molar-refractivity contribution in [3.63, 3.8) is 0 Å². The highest BCUT2D eigenvalue weighted by Crippen LogP contribution is 2.34. The first-order chi connectivity index (χ1) is 32.5. The van der Waals surface area contributed by atoms with Gasteiger partial charge in [0.15, 0.2) is 10.3 Å². The van der Waals surface area contributed by atoms with Gasteiger partial charge in [0.05, 0.1) is 44.4 Å². The molecule has 0 saturated carbocycles. The Hall–Kier alpha value is -5.55. The molecule has 0 amide bonds. The molecule has 7 aromatic rings. The zero-order valence-electron chi connectivity index (χ0n) is 36.8. The molecule has 0 bridgehead atoms. The highest BCUT2D eigenvalue weighted by molar-refractivity contribution is 9.13. The third kappa shape index (κ3) is 17.1. The second-order valence-corrected chi connectivity index (χ2v) is 17.5. The molecule has 0 radical (unpaired) electrons. The summed E-state index contributed by atoms with van der Waals surface area (Å²) in [5.74, 6) is -0.410. The van der Waals surface area contributed by atoms with E-state index in [0.29, 0.717) is 30.4 Å². The van der Waals surface area contributed by atoms with E-state index < -0.39 is 41.2 Å². The summed E-state index contributed by atoms with van der Waals surface area (Å²) in [5.41, 5.74) is 6.35. The standard InChI is InChI=1S/C12H11NO3S.C11H10BrN3O3.C8H11BO3.C7H9BO3.C4H3Br2N3O2/c1-8(14)9-2-4-10(5-3-9)11-6-7-12(17-11)13(15)16;1-14-9(10(12)13-11(14)15(17)18)8-4-2-7(6-16)3-5-8;1-6(10)7-2-4-8(5-3-7)9(11)12;9-5-6-1-3-7(4-2-6)8(10)11;1-8-3(6)2(5)7-4(8)9(10)11/h2-8,14H,1H3;2-5,16H,6H2,1H3;2-6,10-12H,1H3;1-4,9-11H,5H2;1H3. The topological polar surface area (TPSA) is 327 Å². The second kappa shape index (κ2) is 27.6. The van der Waals surface area contributed by atoms with Gasteiger partial charge in [-0.2, -0.15) is 0 Å². The van der Waals surface area contributed by atoms with E-state index in [1.165, 1.54) is 15.2 Å². The molecule has 0 spiro atoms. The van der Waals surface area contributed by atoms with Gasteiger partial charge in [0.1, 0.15) is 0 Å². The minimum Gasteiger partial charge on any atom is -0.423 e. The lowest BCUT2D eigenvalue weighted by molar-refractivity contribution is -0.396. The Balaban J connectivity index is 0.000000232. The zero-order valence-corrected chi connectivity index (χ0v) is 42.4. The molecule has 21 nitrogen and oxygen atoms in total. The van der Waals surface area contributed by atoms with Crippen molar-refractivity contribution in [2.45, 2.75) is 39.3 Å². The van der Waals surface area contributed by atoms with E-state index in [0.717, 1.165) is 49.6 Å². The van der Waals surface area contributed by atoms with Gasteiger partial charge in [-0.25, -0.2) is 9.13 Å². The first-order valence-electron chi connectivity index (χ1n) is 19.8. The summed E-state index contributed by atoms with van der Waals surface area (Å²) >= 11 is 10.5. The molecule has 0 fully saturated rings. The number of thiophene rings is 1. The van der Waals surface area contributed by atoms with Gasteiger partial charge in [-0.05, 0) is 116 Å². The molecule has 8 N–H and O–H groups in total. The number of halogens is 3. The van der Waals surface area contributed by atoms with Crippen LogP contribution in [-0.2, 0) is 27.3 Å². The lowest BCUT2D eigenvalue weighted by Gasteiger charge is -2.05. The number of nitro groups is 3. The fourth-order valence-electron chi connectivity index (χ4n) is 5.55. The molecule has 4 aromatic carbocycles. The minimum atomic E-state index is -1.44. The van der Waals surface area contributed by atoms with Gasteiger partial charge in [0.2, 0.25) is 9.21 Å². The van der Waals surface area contributed by atoms with Crippen molar-refractivity contribution in [1.82, 2.24) is 19.1 Å². The summed E-state index contributed by atoms with van der Waals surface area (Å²) in [6.45, 7) is 3.30. The molecular weight excluding hydrogens is 1120 g/mol. The Kier molecular flexibility index (Phi) is 23.1. The van der Waals surface area contributed by atoms with Gasteiger partial charge < -0.3 is 60.8 Å². The van der Waals surface area contributed by atoms with Crippen LogP contribution in [-0.4, -0.2) is 88.6 Å². The maximum absolute atomic E-state index is 10.8. The van der Waals surface area contributed by atoms with E-state index in [9.17, 15) is 35.4 Å². The van der Waals surface area contributed by atoms with Gasteiger partial charge in [-0.15, -0.1) is 0 Å². The Morgan fingerprint density at radius 1 is 0.580 bits per heavy atom. The number of imidazole rings is 2. The van der Waals surface area contributed by atoms with Crippen molar-refractivity contribution in [2.75, 3.05) is 0 Å². The highest BCUT2D eigenvalue weighted by Gasteiger charge is 2.24. The molecule has 7 rings (SSSR count). The second-order valence-electron chi connectivity index (χ2n) is 14.2. The number of nitrogens with zero attached hydrogens (tertiary/aromatic N) is 7. The minimum absolute atomic E-state index is 0.0260. The number of hydrogen-bond acceptors (Lipinski definition) is 17. The van der Waals surface area contributed by atoms with Crippen molar-refractivity contribution >= 4 is 101 Å². The van der Waals surface area contributed by atoms with Crippen molar-refractivity contribution in [3.8, 4) is 21.7 Å². The lowest BCUT2D eigenvalue weighted by atomic mass is 9.80. The molecule has 3 heterocycles. The van der Waals surface area contributed by atoms with Crippen LogP contribution in [0.3, 0.4) is 0 Å². The number of aliphatic hydroxyl groups excluding tert-OH is 4. The number of rotatable bonds is 11. The average Bonchev–Trinajstić information content (AvgIpc) is 4.02. The molecule has 3 aromatic heterocycles. The normalized spacial score (nSPS) is 11.2. The summed E-state index contributed by atoms with van der Waals surface area (Å²) in [6, 6.07) is 30.6. The quantitative estimate of drug-likeness (QED) is 0.0434. The van der Waals surface area contributed by atoms with E-state index in [-0.39, 0.29) is 30.1 Å². The first kappa shape index (κ1) is 57.8. The van der Waals surface area contributed by atoms with Crippen LogP contribution in [0.5, 0.6) is 0 Å². The smallest absolute Gasteiger partial charge is 0.423 e. The molecule has 0 aliphatic rings. The summed E-state index contributed by atoms with van der Waals surface area (Å²) in [6.07, 6.45) is -1.02. The summed E-state index contributed by atoms with van der Waals surface area (Å²) in [5, 5.41) is 103. The maximum Gasteiger partial charge on any atom is 0.488 e. The van der Waals surface area contributed by atoms with E-state index in [2.05, 4.69) is 57.8 Å². The van der Waals surface area contributed by atoms with Crippen LogP contribution in [0.25, 0.3) is 21.7 Å². The summed E-state index contributed by atoms with van der Waals surface area (Å²) in [4.78, 5) is 38.5. The first-order valence-corrected chi connectivity index (χ1v) is 23.0. The summed E-state index contributed by atoms with van der Waals surface area (Å²) in [7, 11) is 0.279. The van der Waals surface area contributed by atoms with E-state index in [1.807, 2.05) is 24.3 Å². The van der Waals surface area contributed by atoms with Gasteiger partial charge in [0, 0.05) is 16.5 Å². The molecule has 0 aliphatic heterocycles. The third-order valence-electron chi connectivity index (χ3n) is 9.36. The molecular formula is C42H44B2Br3N7O14S. The monoisotopic (exact) mass is 1160 g/mol. The molecule has 0 aliphatic carbocycles. The van der Waals surface area contributed by atoms with E-state index in [1.54, 1.807) is 107 Å². The highest BCUT2D eigenvalue weighted by atomic mass is 79.9. The van der Waals surface area contributed by atoms with Crippen LogP contribution in [0.1, 0.15) is 48.3 Å². The van der Waals surface area contributed by atoms with Gasteiger partial charge >= 0.3 is 31.1 Å². The lowest BCUT2D eigenvalue weighted by Crippen LogP contribution is -2.29.